The number of hydrogen-bond acceptors (Lipinski definition) is 4. The number of nitrogens with one attached hydrogen (secondary N) is 1. The third-order valence-corrected chi connectivity index (χ3v) is 2.22. The lowest BCUT2D eigenvalue weighted by molar-refractivity contribution is -0.121. The van der Waals surface area contributed by atoms with Crippen molar-refractivity contribution in [2.24, 2.45) is 0 Å². The fourth-order valence-electron chi connectivity index (χ4n) is 1.02. The van der Waals surface area contributed by atoms with Gasteiger partial charge >= 0.3 is 0 Å². The van der Waals surface area contributed by atoms with Crippen LogP contribution in [0.1, 0.15) is 20.3 Å². The largest absolute Gasteiger partial charge is 0.378 e. The first-order chi connectivity index (χ1) is 7.43. The van der Waals surface area contributed by atoms with E-state index in [-0.39, 0.29) is 23.4 Å². The van der Waals surface area contributed by atoms with Crippen LogP contribution in [-0.2, 0) is 9.53 Å². The number of amides is 1. The van der Waals surface area contributed by atoms with Gasteiger partial charge in [0.2, 0.25) is 11.9 Å². The topological polar surface area (TPSA) is 64.1 Å². The Hall–Kier alpha value is -1.20. The van der Waals surface area contributed by atoms with E-state index in [4.69, 9.17) is 16.3 Å². The van der Waals surface area contributed by atoms with Gasteiger partial charge in [0, 0.05) is 13.3 Å². The number of nitrogens with zero attached hydrogens (tertiary/aromatic N) is 2. The van der Waals surface area contributed by atoms with Crippen LogP contribution in [0.25, 0.3) is 0 Å². The van der Waals surface area contributed by atoms with Crippen LogP contribution in [0.2, 0.25) is 5.15 Å². The number of halogens is 1. The smallest absolute Gasteiger partial charge is 0.230 e. The fraction of sp³-hybridized carbons (Fsp3) is 0.500. The second kappa shape index (κ2) is 5.23. The summed E-state index contributed by atoms with van der Waals surface area (Å²) in [6, 6.07) is 1.54. The molecule has 6 heteroatoms. The zero-order chi connectivity index (χ0) is 12.2. The first-order valence-electron chi connectivity index (χ1n) is 4.76. The molecule has 1 amide bonds. The first kappa shape index (κ1) is 12.9. The van der Waals surface area contributed by atoms with Crippen molar-refractivity contribution in [3.8, 4) is 0 Å². The molecule has 0 aliphatic carbocycles. The van der Waals surface area contributed by atoms with Crippen LogP contribution < -0.4 is 5.32 Å². The zero-order valence-electron chi connectivity index (χ0n) is 9.45. The molecule has 16 heavy (non-hydrogen) atoms. The van der Waals surface area contributed by atoms with Gasteiger partial charge in [-0.25, -0.2) is 9.97 Å². The van der Waals surface area contributed by atoms with Gasteiger partial charge in [-0.15, -0.1) is 0 Å². The van der Waals surface area contributed by atoms with Gasteiger partial charge in [0.15, 0.2) is 0 Å². The Balaban J connectivity index is 2.59. The predicted octanol–water partition coefficient (Wildman–Crippen LogP) is 1.88. The molecular formula is C10H14ClN3O2. The zero-order valence-corrected chi connectivity index (χ0v) is 10.2. The van der Waals surface area contributed by atoms with Crippen molar-refractivity contribution < 1.29 is 9.53 Å². The van der Waals surface area contributed by atoms with Crippen LogP contribution in [0, 0.1) is 0 Å². The normalized spacial score (nSPS) is 11.2. The maximum absolute atomic E-state index is 11.6. The summed E-state index contributed by atoms with van der Waals surface area (Å²) < 4.78 is 5.14. The van der Waals surface area contributed by atoms with Gasteiger partial charge in [-0.2, -0.15) is 0 Å². The molecule has 5 nitrogen and oxygen atoms in total. The number of carbonyl (C=O) groups excluding carboxylic acids is 1. The Bertz CT molecular complexity index is 382. The highest BCUT2D eigenvalue weighted by molar-refractivity contribution is 6.29. The Morgan fingerprint density at radius 2 is 2.31 bits per heavy atom. The van der Waals surface area contributed by atoms with Crippen LogP contribution in [0.3, 0.4) is 0 Å². The van der Waals surface area contributed by atoms with E-state index in [0.29, 0.717) is 0 Å². The summed E-state index contributed by atoms with van der Waals surface area (Å²) in [6.45, 7) is 3.65. The standard InChI is InChI=1S/C10H14ClN3O2/c1-10(2,16-3)6-8(15)14-9-12-5-4-7(11)13-9/h4-5H,6H2,1-3H3,(H,12,13,14,15). The Labute approximate surface area is 99.2 Å². The lowest BCUT2D eigenvalue weighted by Crippen LogP contribution is -2.29. The van der Waals surface area contributed by atoms with Crippen molar-refractivity contribution in [3.63, 3.8) is 0 Å². The van der Waals surface area contributed by atoms with Crippen molar-refractivity contribution in [3.05, 3.63) is 17.4 Å². The van der Waals surface area contributed by atoms with Crippen molar-refractivity contribution in [2.45, 2.75) is 25.9 Å². The highest BCUT2D eigenvalue weighted by Crippen LogP contribution is 2.14. The molecule has 1 aromatic rings. The second-order valence-electron chi connectivity index (χ2n) is 3.89. The summed E-state index contributed by atoms with van der Waals surface area (Å²) in [6.07, 6.45) is 1.70. The number of rotatable bonds is 4. The van der Waals surface area contributed by atoms with E-state index in [1.54, 1.807) is 7.11 Å². The third-order valence-electron chi connectivity index (χ3n) is 2.01. The van der Waals surface area contributed by atoms with E-state index >= 15 is 0 Å². The molecule has 1 N–H and O–H groups in total. The molecule has 88 valence electrons. The summed E-state index contributed by atoms with van der Waals surface area (Å²) in [5, 5.41) is 2.84. The fourth-order valence-corrected chi connectivity index (χ4v) is 1.16. The van der Waals surface area contributed by atoms with Crippen LogP contribution in [0.4, 0.5) is 5.95 Å². The van der Waals surface area contributed by atoms with Crippen molar-refractivity contribution in [2.75, 3.05) is 12.4 Å². The molecule has 0 saturated carbocycles. The van der Waals surface area contributed by atoms with Gasteiger partial charge in [-0.05, 0) is 19.9 Å². The molecule has 0 radical (unpaired) electrons. The Morgan fingerprint density at radius 3 is 2.88 bits per heavy atom. The van der Waals surface area contributed by atoms with Crippen LogP contribution >= 0.6 is 11.6 Å². The number of anilines is 1. The third kappa shape index (κ3) is 4.12. The average molecular weight is 244 g/mol. The Morgan fingerprint density at radius 1 is 1.62 bits per heavy atom. The first-order valence-corrected chi connectivity index (χ1v) is 5.14. The lowest BCUT2D eigenvalue weighted by atomic mass is 10.1. The van der Waals surface area contributed by atoms with Crippen molar-refractivity contribution in [1.82, 2.24) is 9.97 Å². The maximum atomic E-state index is 11.6. The van der Waals surface area contributed by atoms with Gasteiger partial charge < -0.3 is 4.74 Å². The maximum Gasteiger partial charge on any atom is 0.230 e. The molecule has 0 spiro atoms. The summed E-state index contributed by atoms with van der Waals surface area (Å²) in [4.78, 5) is 19.3. The highest BCUT2D eigenvalue weighted by atomic mass is 35.5. The van der Waals surface area contributed by atoms with Crippen LogP contribution in [0.5, 0.6) is 0 Å². The number of ether oxygens (including phenoxy) is 1. The minimum absolute atomic E-state index is 0.199. The molecule has 1 heterocycles. The molecule has 0 atom stereocenters. The van der Waals surface area contributed by atoms with Crippen LogP contribution in [0.15, 0.2) is 12.3 Å². The van der Waals surface area contributed by atoms with E-state index in [1.807, 2.05) is 13.8 Å². The minimum atomic E-state index is -0.511. The lowest BCUT2D eigenvalue weighted by Gasteiger charge is -2.21. The molecule has 0 aromatic carbocycles. The SMILES string of the molecule is COC(C)(C)CC(=O)Nc1nccc(Cl)n1. The summed E-state index contributed by atoms with van der Waals surface area (Å²) in [7, 11) is 1.56. The van der Waals surface area contributed by atoms with Gasteiger partial charge in [0.25, 0.3) is 0 Å². The van der Waals surface area contributed by atoms with Crippen molar-refractivity contribution in [1.29, 1.82) is 0 Å². The molecule has 0 aliphatic heterocycles. The van der Waals surface area contributed by atoms with E-state index in [0.717, 1.165) is 0 Å². The van der Waals surface area contributed by atoms with Crippen LogP contribution in [-0.4, -0.2) is 28.6 Å². The molecule has 0 fully saturated rings. The van der Waals surface area contributed by atoms with Gasteiger partial charge in [-0.3, -0.25) is 10.1 Å². The summed E-state index contributed by atoms with van der Waals surface area (Å²) in [5.74, 6) is -0.0153. The quantitative estimate of drug-likeness (QED) is 0.821. The number of methoxy groups -OCH3 is 1. The van der Waals surface area contributed by atoms with E-state index < -0.39 is 5.60 Å². The monoisotopic (exact) mass is 243 g/mol. The molecule has 0 aliphatic rings. The summed E-state index contributed by atoms with van der Waals surface area (Å²) >= 11 is 5.66. The number of hydrogen-bond donors (Lipinski definition) is 1. The summed E-state index contributed by atoms with van der Waals surface area (Å²) in [5.41, 5.74) is -0.511. The average Bonchev–Trinajstić information content (AvgIpc) is 2.16. The highest BCUT2D eigenvalue weighted by Gasteiger charge is 2.21. The van der Waals surface area contributed by atoms with Gasteiger partial charge in [0.1, 0.15) is 5.15 Å². The molecule has 0 saturated heterocycles. The van der Waals surface area contributed by atoms with E-state index in [9.17, 15) is 4.79 Å². The van der Waals surface area contributed by atoms with Crippen molar-refractivity contribution >= 4 is 23.5 Å². The molecule has 0 unspecified atom stereocenters. The minimum Gasteiger partial charge on any atom is -0.378 e. The molecular weight excluding hydrogens is 230 g/mol. The number of carbonyl (C=O) groups is 1. The van der Waals surface area contributed by atoms with Gasteiger partial charge in [-0.1, -0.05) is 11.6 Å². The van der Waals surface area contributed by atoms with Gasteiger partial charge in [0.05, 0.1) is 12.0 Å². The Kier molecular flexibility index (Phi) is 4.20. The van der Waals surface area contributed by atoms with E-state index in [2.05, 4.69) is 15.3 Å². The molecule has 0 bridgehead atoms. The van der Waals surface area contributed by atoms with E-state index in [1.165, 1.54) is 12.3 Å². The molecule has 1 aromatic heterocycles. The number of aromatic nitrogens is 2. The second-order valence-corrected chi connectivity index (χ2v) is 4.28. The molecule has 1 rings (SSSR count). The predicted molar refractivity (Wildman–Crippen MR) is 61.4 cm³/mol.